The lowest BCUT2D eigenvalue weighted by atomic mass is 10.3. The molecule has 2 amide bonds. The molecule has 2 aromatic rings. The maximum absolute atomic E-state index is 13.4. The Morgan fingerprint density at radius 1 is 1.05 bits per heavy atom. The Labute approximate surface area is 119 Å². The molecule has 2 N–H and O–H groups in total. The van der Waals surface area contributed by atoms with E-state index in [0.29, 0.717) is 5.69 Å². The fourth-order valence-electron chi connectivity index (χ4n) is 1.55. The number of urea groups is 1. The third kappa shape index (κ3) is 3.71. The largest absolute Gasteiger partial charge is 0.323 e. The summed E-state index contributed by atoms with van der Waals surface area (Å²) >= 11 is 1.58. The Morgan fingerprint density at radius 3 is 2.40 bits per heavy atom. The van der Waals surface area contributed by atoms with E-state index in [2.05, 4.69) is 10.6 Å². The Hall–Kier alpha value is -2.08. The summed E-state index contributed by atoms with van der Waals surface area (Å²) in [6.45, 7) is 0. The first-order valence-corrected chi connectivity index (χ1v) is 6.98. The molecule has 0 fully saturated rings. The summed E-state index contributed by atoms with van der Waals surface area (Å²) < 4.78 is 26.3. The molecule has 0 aliphatic rings. The molecule has 0 aromatic heterocycles. The van der Waals surface area contributed by atoms with Crippen molar-refractivity contribution in [1.29, 1.82) is 0 Å². The van der Waals surface area contributed by atoms with Crippen LogP contribution in [0.4, 0.5) is 25.0 Å². The van der Waals surface area contributed by atoms with Gasteiger partial charge in [0.05, 0.1) is 5.69 Å². The van der Waals surface area contributed by atoms with E-state index >= 15 is 0 Å². The molecule has 0 bridgehead atoms. The highest BCUT2D eigenvalue weighted by Gasteiger charge is 2.08. The second-order valence-electron chi connectivity index (χ2n) is 3.93. The van der Waals surface area contributed by atoms with Gasteiger partial charge in [-0.1, -0.05) is 0 Å². The van der Waals surface area contributed by atoms with Crippen molar-refractivity contribution in [3.8, 4) is 0 Å². The molecule has 0 heterocycles. The zero-order valence-corrected chi connectivity index (χ0v) is 11.4. The third-order valence-electron chi connectivity index (χ3n) is 2.52. The van der Waals surface area contributed by atoms with Gasteiger partial charge in [0.15, 0.2) is 0 Å². The van der Waals surface area contributed by atoms with Gasteiger partial charge >= 0.3 is 6.03 Å². The van der Waals surface area contributed by atoms with Crippen molar-refractivity contribution in [1.82, 2.24) is 0 Å². The second kappa shape index (κ2) is 6.38. The van der Waals surface area contributed by atoms with Gasteiger partial charge < -0.3 is 10.6 Å². The van der Waals surface area contributed by atoms with Crippen molar-refractivity contribution in [3.63, 3.8) is 0 Å². The van der Waals surface area contributed by atoms with Crippen LogP contribution in [0.1, 0.15) is 0 Å². The molecule has 2 rings (SSSR count). The van der Waals surface area contributed by atoms with Crippen LogP contribution in [0.3, 0.4) is 0 Å². The molecular weight excluding hydrogens is 282 g/mol. The van der Waals surface area contributed by atoms with Crippen LogP contribution < -0.4 is 10.6 Å². The fraction of sp³-hybridized carbons (Fsp3) is 0.0714. The number of nitrogens with one attached hydrogen (secondary N) is 2. The minimum atomic E-state index is -0.695. The lowest BCUT2D eigenvalue weighted by molar-refractivity contribution is 0.262. The Kier molecular flexibility index (Phi) is 4.57. The third-order valence-corrected chi connectivity index (χ3v) is 3.27. The number of thioether (sulfide) groups is 1. The zero-order valence-electron chi connectivity index (χ0n) is 10.6. The van der Waals surface area contributed by atoms with Crippen molar-refractivity contribution >= 4 is 29.2 Å². The first kappa shape index (κ1) is 14.3. The molecule has 6 heteroatoms. The summed E-state index contributed by atoms with van der Waals surface area (Å²) in [7, 11) is 0. The zero-order chi connectivity index (χ0) is 14.5. The molecular formula is C14H12F2N2OS. The van der Waals surface area contributed by atoms with Gasteiger partial charge in [0.25, 0.3) is 0 Å². The number of anilines is 2. The van der Waals surface area contributed by atoms with Crippen LogP contribution in [0.2, 0.25) is 0 Å². The quantitative estimate of drug-likeness (QED) is 0.827. The van der Waals surface area contributed by atoms with Gasteiger partial charge in [-0.25, -0.2) is 13.6 Å². The lowest BCUT2D eigenvalue weighted by Crippen LogP contribution is -2.20. The van der Waals surface area contributed by atoms with Crippen LogP contribution >= 0.6 is 11.8 Å². The monoisotopic (exact) mass is 294 g/mol. The number of carbonyl (C=O) groups is 1. The molecule has 20 heavy (non-hydrogen) atoms. The number of halogens is 2. The number of benzene rings is 2. The van der Waals surface area contributed by atoms with Crippen LogP contribution in [0, 0.1) is 11.6 Å². The molecule has 0 unspecified atom stereocenters. The van der Waals surface area contributed by atoms with Crippen LogP contribution in [0.25, 0.3) is 0 Å². The Morgan fingerprint density at radius 2 is 1.75 bits per heavy atom. The predicted octanol–water partition coefficient (Wildman–Crippen LogP) is 4.33. The van der Waals surface area contributed by atoms with Gasteiger partial charge in [-0.3, -0.25) is 0 Å². The van der Waals surface area contributed by atoms with Gasteiger partial charge in [-0.15, -0.1) is 11.8 Å². The van der Waals surface area contributed by atoms with Gasteiger partial charge in [-0.2, -0.15) is 0 Å². The van der Waals surface area contributed by atoms with E-state index in [9.17, 15) is 13.6 Å². The maximum atomic E-state index is 13.4. The fourth-order valence-corrected chi connectivity index (χ4v) is 1.96. The van der Waals surface area contributed by atoms with Crippen LogP contribution in [0.5, 0.6) is 0 Å². The summed E-state index contributed by atoms with van der Waals surface area (Å²) in [5.41, 5.74) is 0.361. The van der Waals surface area contributed by atoms with Gasteiger partial charge in [0.1, 0.15) is 11.6 Å². The minimum Gasteiger partial charge on any atom is -0.308 e. The molecule has 0 radical (unpaired) electrons. The Bertz CT molecular complexity index is 617. The van der Waals surface area contributed by atoms with Crippen molar-refractivity contribution in [2.75, 3.05) is 16.9 Å². The van der Waals surface area contributed by atoms with Crippen molar-refractivity contribution < 1.29 is 13.6 Å². The van der Waals surface area contributed by atoms with E-state index in [1.807, 2.05) is 18.4 Å². The SMILES string of the molecule is CSc1ccc(NC(=O)Nc2cc(F)ccc2F)cc1. The summed E-state index contributed by atoms with van der Waals surface area (Å²) in [4.78, 5) is 12.7. The van der Waals surface area contributed by atoms with E-state index < -0.39 is 17.7 Å². The van der Waals surface area contributed by atoms with E-state index in [-0.39, 0.29) is 5.69 Å². The molecule has 0 aliphatic heterocycles. The summed E-state index contributed by atoms with van der Waals surface area (Å²) in [6, 6.07) is 9.39. The molecule has 3 nitrogen and oxygen atoms in total. The lowest BCUT2D eigenvalue weighted by Gasteiger charge is -2.09. The van der Waals surface area contributed by atoms with Crippen molar-refractivity contribution in [3.05, 3.63) is 54.1 Å². The molecule has 104 valence electrons. The van der Waals surface area contributed by atoms with Crippen molar-refractivity contribution in [2.24, 2.45) is 0 Å². The highest BCUT2D eigenvalue weighted by molar-refractivity contribution is 7.98. The van der Waals surface area contributed by atoms with E-state index in [0.717, 1.165) is 23.1 Å². The normalized spacial score (nSPS) is 10.2. The highest BCUT2D eigenvalue weighted by atomic mass is 32.2. The van der Waals surface area contributed by atoms with Crippen LogP contribution in [-0.4, -0.2) is 12.3 Å². The topological polar surface area (TPSA) is 41.1 Å². The standard InChI is InChI=1S/C14H12F2N2OS/c1-20-11-5-3-10(4-6-11)17-14(19)18-13-8-9(15)2-7-12(13)16/h2-8H,1H3,(H2,17,18,19). The maximum Gasteiger partial charge on any atom is 0.323 e. The van der Waals surface area contributed by atoms with Gasteiger partial charge in [0, 0.05) is 16.6 Å². The highest BCUT2D eigenvalue weighted by Crippen LogP contribution is 2.18. The first-order chi connectivity index (χ1) is 9.58. The predicted molar refractivity (Wildman–Crippen MR) is 77.2 cm³/mol. The van der Waals surface area contributed by atoms with Crippen LogP contribution in [0.15, 0.2) is 47.4 Å². The number of rotatable bonds is 3. The molecule has 0 spiro atoms. The average Bonchev–Trinajstić information content (AvgIpc) is 2.43. The average molecular weight is 294 g/mol. The summed E-state index contributed by atoms with van der Waals surface area (Å²) in [5, 5.41) is 4.80. The van der Waals surface area contributed by atoms with E-state index in [1.54, 1.807) is 23.9 Å². The molecule has 0 aliphatic carbocycles. The Balaban J connectivity index is 2.03. The number of hydrogen-bond donors (Lipinski definition) is 2. The van der Waals surface area contributed by atoms with Gasteiger partial charge in [0.2, 0.25) is 0 Å². The first-order valence-electron chi connectivity index (χ1n) is 5.75. The molecule has 0 atom stereocenters. The summed E-state index contributed by atoms with van der Waals surface area (Å²) in [6.07, 6.45) is 1.95. The second-order valence-corrected chi connectivity index (χ2v) is 4.81. The molecule has 2 aromatic carbocycles. The van der Waals surface area contributed by atoms with Gasteiger partial charge in [-0.05, 0) is 42.7 Å². The van der Waals surface area contributed by atoms with Crippen LogP contribution in [-0.2, 0) is 0 Å². The summed E-state index contributed by atoms with van der Waals surface area (Å²) in [5.74, 6) is -1.31. The molecule has 0 saturated heterocycles. The number of carbonyl (C=O) groups excluding carboxylic acids is 1. The smallest absolute Gasteiger partial charge is 0.308 e. The number of hydrogen-bond acceptors (Lipinski definition) is 2. The minimum absolute atomic E-state index is 0.205. The number of amides is 2. The molecule has 0 saturated carbocycles. The van der Waals surface area contributed by atoms with E-state index in [4.69, 9.17) is 0 Å². The van der Waals surface area contributed by atoms with Crippen molar-refractivity contribution in [2.45, 2.75) is 4.90 Å². The van der Waals surface area contributed by atoms with E-state index in [1.165, 1.54) is 0 Å².